The predicted octanol–water partition coefficient (Wildman–Crippen LogP) is 15.2. The first kappa shape index (κ1) is 34.7. The Bertz CT molecular complexity index is 3830. The first-order valence-corrected chi connectivity index (χ1v) is 22.2. The number of fused-ring (bicyclic) bond motifs is 16. The van der Waals surface area contributed by atoms with Crippen LogP contribution in [-0.2, 0) is 5.41 Å². The number of hydrogen-bond donors (Lipinski definition) is 0. The van der Waals surface area contributed by atoms with E-state index < -0.39 is 0 Å². The van der Waals surface area contributed by atoms with Crippen molar-refractivity contribution in [1.29, 1.82) is 0 Å². The summed E-state index contributed by atoms with van der Waals surface area (Å²) >= 11 is 1.78. The highest BCUT2D eigenvalue weighted by atomic mass is 32.1. The van der Waals surface area contributed by atoms with Crippen molar-refractivity contribution in [2.24, 2.45) is 0 Å². The molecular formula is C58H33N3OS. The Kier molecular flexibility index (Phi) is 7.16. The maximum atomic E-state index is 6.61. The Morgan fingerprint density at radius 1 is 0.349 bits per heavy atom. The third-order valence-corrected chi connectivity index (χ3v) is 14.6. The zero-order valence-electron chi connectivity index (χ0n) is 33.7. The average molecular weight is 820 g/mol. The summed E-state index contributed by atoms with van der Waals surface area (Å²) in [5, 5.41) is 4.44. The van der Waals surface area contributed by atoms with E-state index in [0.29, 0.717) is 17.5 Å². The maximum absolute atomic E-state index is 6.61. The lowest BCUT2D eigenvalue weighted by molar-refractivity contribution is 0.669. The molecule has 3 heterocycles. The van der Waals surface area contributed by atoms with Gasteiger partial charge in [0.1, 0.15) is 11.2 Å². The van der Waals surface area contributed by atoms with Crippen LogP contribution in [0, 0.1) is 0 Å². The Morgan fingerprint density at radius 2 is 0.905 bits per heavy atom. The Morgan fingerprint density at radius 3 is 1.68 bits per heavy atom. The van der Waals surface area contributed by atoms with Crippen molar-refractivity contribution >= 4 is 53.4 Å². The Balaban J connectivity index is 0.955. The zero-order valence-corrected chi connectivity index (χ0v) is 34.5. The standard InChI is InChI=1S/C58H33N3OS/c1-2-14-34(15-3-1)55-59-56(61-57(60-55)43-22-12-20-41-40-19-7-11-27-52(40)63-54(41)43)42-21-13-26-51-53(42)45-33-36(29-31-50(45)62-51)35-28-30-49-44(32-35)39-18-6-10-25-48(39)58(49)46-23-8-4-16-37(46)38-17-5-9-24-47(38)58/h1-33H. The highest BCUT2D eigenvalue weighted by molar-refractivity contribution is 7.26. The molecule has 12 aromatic rings. The Hall–Kier alpha value is -7.99. The second-order valence-corrected chi connectivity index (χ2v) is 17.6. The highest BCUT2D eigenvalue weighted by Gasteiger charge is 2.51. The van der Waals surface area contributed by atoms with Gasteiger partial charge in [-0.3, -0.25) is 0 Å². The van der Waals surface area contributed by atoms with Gasteiger partial charge in [0.25, 0.3) is 0 Å². The van der Waals surface area contributed by atoms with Crippen molar-refractivity contribution in [3.05, 3.63) is 222 Å². The van der Waals surface area contributed by atoms with Crippen LogP contribution in [0.2, 0.25) is 0 Å². The van der Waals surface area contributed by atoms with Crippen LogP contribution in [0.1, 0.15) is 22.3 Å². The van der Waals surface area contributed by atoms with Crippen molar-refractivity contribution in [2.75, 3.05) is 0 Å². The van der Waals surface area contributed by atoms with Gasteiger partial charge in [0.15, 0.2) is 17.5 Å². The molecule has 0 bridgehead atoms. The molecule has 0 N–H and O–H groups in total. The highest BCUT2D eigenvalue weighted by Crippen LogP contribution is 2.63. The van der Waals surface area contributed by atoms with Crippen molar-refractivity contribution in [3.63, 3.8) is 0 Å². The van der Waals surface area contributed by atoms with Crippen LogP contribution in [0.4, 0.5) is 0 Å². The molecule has 3 aromatic heterocycles. The van der Waals surface area contributed by atoms with Gasteiger partial charge in [-0.2, -0.15) is 0 Å². The minimum Gasteiger partial charge on any atom is -0.456 e. The molecule has 1 spiro atoms. The van der Waals surface area contributed by atoms with Crippen molar-refractivity contribution < 1.29 is 4.42 Å². The van der Waals surface area contributed by atoms with E-state index >= 15 is 0 Å². The number of benzene rings is 9. The van der Waals surface area contributed by atoms with E-state index in [1.165, 1.54) is 60.0 Å². The molecular weight excluding hydrogens is 787 g/mol. The zero-order chi connectivity index (χ0) is 41.2. The molecule has 0 amide bonds. The van der Waals surface area contributed by atoms with Gasteiger partial charge in [0.05, 0.1) is 5.41 Å². The third kappa shape index (κ3) is 4.83. The number of thiophene rings is 1. The summed E-state index contributed by atoms with van der Waals surface area (Å²) in [6.45, 7) is 0. The smallest absolute Gasteiger partial charge is 0.165 e. The first-order valence-electron chi connectivity index (χ1n) is 21.3. The Labute approximate surface area is 366 Å². The van der Waals surface area contributed by atoms with Crippen molar-refractivity contribution in [2.45, 2.75) is 5.41 Å². The predicted molar refractivity (Wildman–Crippen MR) is 258 cm³/mol. The van der Waals surface area contributed by atoms with Crippen LogP contribution in [0.5, 0.6) is 0 Å². The summed E-state index contributed by atoms with van der Waals surface area (Å²) in [7, 11) is 0. The van der Waals surface area contributed by atoms with E-state index in [2.05, 4.69) is 170 Å². The molecule has 0 aliphatic heterocycles. The van der Waals surface area contributed by atoms with Crippen LogP contribution in [0.25, 0.3) is 110 Å². The monoisotopic (exact) mass is 819 g/mol. The lowest BCUT2D eigenvalue weighted by atomic mass is 9.70. The normalized spacial score (nSPS) is 13.2. The number of rotatable bonds is 4. The molecule has 0 saturated heterocycles. The molecule has 14 rings (SSSR count). The molecule has 292 valence electrons. The molecule has 0 radical (unpaired) electrons. The van der Waals surface area contributed by atoms with Gasteiger partial charge in [-0.1, -0.05) is 164 Å². The van der Waals surface area contributed by atoms with Gasteiger partial charge >= 0.3 is 0 Å². The van der Waals surface area contributed by atoms with Crippen LogP contribution in [0.3, 0.4) is 0 Å². The molecule has 0 atom stereocenters. The fourth-order valence-corrected chi connectivity index (χ4v) is 11.9. The fraction of sp³-hybridized carbons (Fsp3) is 0.0172. The van der Waals surface area contributed by atoms with Crippen LogP contribution >= 0.6 is 11.3 Å². The fourth-order valence-electron chi connectivity index (χ4n) is 10.7. The number of aromatic nitrogens is 3. The van der Waals surface area contributed by atoms with Crippen LogP contribution in [0.15, 0.2) is 205 Å². The van der Waals surface area contributed by atoms with E-state index in [9.17, 15) is 0 Å². The van der Waals surface area contributed by atoms with Gasteiger partial charge in [0.2, 0.25) is 0 Å². The van der Waals surface area contributed by atoms with Crippen LogP contribution < -0.4 is 0 Å². The number of furan rings is 1. The summed E-state index contributed by atoms with van der Waals surface area (Å²) in [5.41, 5.74) is 16.9. The number of nitrogens with zero attached hydrogens (tertiary/aromatic N) is 3. The summed E-state index contributed by atoms with van der Waals surface area (Å²) < 4.78 is 9.01. The molecule has 5 heteroatoms. The topological polar surface area (TPSA) is 51.8 Å². The van der Waals surface area contributed by atoms with Gasteiger partial charge in [0, 0.05) is 47.6 Å². The molecule has 2 aliphatic rings. The van der Waals surface area contributed by atoms with Gasteiger partial charge < -0.3 is 4.42 Å². The van der Waals surface area contributed by atoms with E-state index in [-0.39, 0.29) is 5.41 Å². The third-order valence-electron chi connectivity index (χ3n) is 13.4. The quantitative estimate of drug-likeness (QED) is 0.177. The molecule has 2 aliphatic carbocycles. The SMILES string of the molecule is c1ccc(-c2nc(-c3cccc4c3sc3ccccc34)nc(-c3cccc4oc5ccc(-c6ccc7c(c6)-c6ccccc6C76c7ccccc7-c7ccccc76)cc5c34)n2)cc1. The lowest BCUT2D eigenvalue weighted by Gasteiger charge is -2.30. The maximum Gasteiger partial charge on any atom is 0.165 e. The summed E-state index contributed by atoms with van der Waals surface area (Å²) in [6, 6.07) is 71.9. The minimum absolute atomic E-state index is 0.373. The largest absolute Gasteiger partial charge is 0.456 e. The molecule has 0 saturated carbocycles. The first-order chi connectivity index (χ1) is 31.2. The summed E-state index contributed by atoms with van der Waals surface area (Å²) in [6.07, 6.45) is 0. The average Bonchev–Trinajstić information content (AvgIpc) is 4.09. The molecule has 0 unspecified atom stereocenters. The van der Waals surface area contributed by atoms with Gasteiger partial charge in [-0.15, -0.1) is 11.3 Å². The minimum atomic E-state index is -0.373. The number of hydrogen-bond acceptors (Lipinski definition) is 5. The molecule has 63 heavy (non-hydrogen) atoms. The van der Waals surface area contributed by atoms with E-state index in [1.807, 2.05) is 30.3 Å². The molecule has 4 nitrogen and oxygen atoms in total. The van der Waals surface area contributed by atoms with Gasteiger partial charge in [-0.25, -0.2) is 15.0 Å². The second-order valence-electron chi connectivity index (χ2n) is 16.6. The van der Waals surface area contributed by atoms with Crippen LogP contribution in [-0.4, -0.2) is 15.0 Å². The van der Waals surface area contributed by atoms with Crippen molar-refractivity contribution in [3.8, 4) is 67.5 Å². The molecule has 0 fully saturated rings. The summed E-state index contributed by atoms with van der Waals surface area (Å²) in [5.74, 6) is 1.88. The van der Waals surface area contributed by atoms with E-state index in [4.69, 9.17) is 19.4 Å². The van der Waals surface area contributed by atoms with Gasteiger partial charge in [-0.05, 0) is 92.0 Å². The summed E-state index contributed by atoms with van der Waals surface area (Å²) in [4.78, 5) is 15.7. The van der Waals surface area contributed by atoms with E-state index in [1.54, 1.807) is 11.3 Å². The second kappa shape index (κ2) is 13.0. The lowest BCUT2D eigenvalue weighted by Crippen LogP contribution is -2.25. The molecule has 9 aromatic carbocycles. The van der Waals surface area contributed by atoms with Crippen molar-refractivity contribution in [1.82, 2.24) is 15.0 Å². The van der Waals surface area contributed by atoms with E-state index in [0.717, 1.165) is 54.5 Å².